The van der Waals surface area contributed by atoms with Crippen LogP contribution in [-0.2, 0) is 13.1 Å². The summed E-state index contributed by atoms with van der Waals surface area (Å²) >= 11 is 0. The average molecular weight is 225 g/mol. The molecule has 0 aromatic carbocycles. The van der Waals surface area contributed by atoms with Crippen LogP contribution in [0.25, 0.3) is 0 Å². The average Bonchev–Trinajstić information content (AvgIpc) is 2.62. The molecule has 0 radical (unpaired) electrons. The second-order valence-corrected chi connectivity index (χ2v) is 5.03. The summed E-state index contributed by atoms with van der Waals surface area (Å²) < 4.78 is 1.90. The Morgan fingerprint density at radius 3 is 2.56 bits per heavy atom. The number of hydrogen-bond donors (Lipinski definition) is 1. The van der Waals surface area contributed by atoms with Crippen molar-refractivity contribution in [3.05, 3.63) is 5.82 Å². The number of tetrazole rings is 1. The van der Waals surface area contributed by atoms with E-state index in [2.05, 4.69) is 48.5 Å². The van der Waals surface area contributed by atoms with Crippen molar-refractivity contribution in [2.45, 2.75) is 47.2 Å². The lowest BCUT2D eigenvalue weighted by Gasteiger charge is -2.08. The third-order valence-corrected chi connectivity index (χ3v) is 2.36. The summed E-state index contributed by atoms with van der Waals surface area (Å²) in [5.41, 5.74) is 0. The highest BCUT2D eigenvalue weighted by molar-refractivity contribution is 4.79. The number of rotatable bonds is 7. The molecule has 0 aliphatic rings. The van der Waals surface area contributed by atoms with Crippen molar-refractivity contribution in [1.82, 2.24) is 25.5 Å². The summed E-state index contributed by atoms with van der Waals surface area (Å²) in [6.07, 6.45) is 1.11. The van der Waals surface area contributed by atoms with E-state index < -0.39 is 0 Å². The van der Waals surface area contributed by atoms with Crippen molar-refractivity contribution < 1.29 is 0 Å². The fourth-order valence-electron chi connectivity index (χ4n) is 1.38. The summed E-state index contributed by atoms with van der Waals surface area (Å²) in [6.45, 7) is 11.5. The van der Waals surface area contributed by atoms with Gasteiger partial charge in [-0.2, -0.15) is 0 Å². The third kappa shape index (κ3) is 4.70. The SMILES string of the molecule is CC(C)CCn1nnnc1CNCC(C)C. The van der Waals surface area contributed by atoms with Crippen LogP contribution in [0, 0.1) is 11.8 Å². The maximum Gasteiger partial charge on any atom is 0.165 e. The van der Waals surface area contributed by atoms with Gasteiger partial charge in [0.25, 0.3) is 0 Å². The molecular weight excluding hydrogens is 202 g/mol. The van der Waals surface area contributed by atoms with E-state index >= 15 is 0 Å². The van der Waals surface area contributed by atoms with Gasteiger partial charge in [0.1, 0.15) is 0 Å². The van der Waals surface area contributed by atoms with Crippen molar-refractivity contribution in [2.75, 3.05) is 6.54 Å². The molecular formula is C11H23N5. The van der Waals surface area contributed by atoms with Crippen molar-refractivity contribution in [3.8, 4) is 0 Å². The van der Waals surface area contributed by atoms with E-state index in [1.54, 1.807) is 0 Å². The lowest BCUT2D eigenvalue weighted by atomic mass is 10.1. The summed E-state index contributed by atoms with van der Waals surface area (Å²) in [6, 6.07) is 0. The fraction of sp³-hybridized carbons (Fsp3) is 0.909. The molecule has 1 rings (SSSR count). The molecule has 1 N–H and O–H groups in total. The predicted octanol–water partition coefficient (Wildman–Crippen LogP) is 1.46. The minimum atomic E-state index is 0.653. The normalized spacial score (nSPS) is 11.6. The zero-order chi connectivity index (χ0) is 12.0. The summed E-state index contributed by atoms with van der Waals surface area (Å²) in [4.78, 5) is 0. The number of aryl methyl sites for hydroxylation is 1. The lowest BCUT2D eigenvalue weighted by molar-refractivity contribution is 0.455. The van der Waals surface area contributed by atoms with Crippen LogP contribution < -0.4 is 5.32 Å². The van der Waals surface area contributed by atoms with E-state index in [-0.39, 0.29) is 0 Å². The fourth-order valence-corrected chi connectivity index (χ4v) is 1.38. The molecule has 1 aromatic heterocycles. The van der Waals surface area contributed by atoms with Gasteiger partial charge >= 0.3 is 0 Å². The van der Waals surface area contributed by atoms with Crippen LogP contribution in [0.15, 0.2) is 0 Å². The van der Waals surface area contributed by atoms with Gasteiger partial charge in [-0.3, -0.25) is 0 Å². The zero-order valence-corrected chi connectivity index (χ0v) is 10.8. The molecule has 0 atom stereocenters. The second kappa shape index (κ2) is 6.58. The molecule has 5 heteroatoms. The van der Waals surface area contributed by atoms with Crippen molar-refractivity contribution in [3.63, 3.8) is 0 Å². The van der Waals surface area contributed by atoms with Gasteiger partial charge < -0.3 is 5.32 Å². The van der Waals surface area contributed by atoms with Crippen LogP contribution >= 0.6 is 0 Å². The Morgan fingerprint density at radius 2 is 1.94 bits per heavy atom. The molecule has 16 heavy (non-hydrogen) atoms. The first-order valence-corrected chi connectivity index (χ1v) is 6.05. The summed E-state index contributed by atoms with van der Waals surface area (Å²) in [5.74, 6) is 2.27. The van der Waals surface area contributed by atoms with Gasteiger partial charge in [0.05, 0.1) is 6.54 Å². The molecule has 0 aliphatic carbocycles. The van der Waals surface area contributed by atoms with Gasteiger partial charge in [-0.05, 0) is 35.2 Å². The Labute approximate surface area is 97.6 Å². The van der Waals surface area contributed by atoms with Gasteiger partial charge in [-0.1, -0.05) is 27.7 Å². The van der Waals surface area contributed by atoms with E-state index in [4.69, 9.17) is 0 Å². The quantitative estimate of drug-likeness (QED) is 0.763. The monoisotopic (exact) mass is 225 g/mol. The van der Waals surface area contributed by atoms with Crippen molar-refractivity contribution in [2.24, 2.45) is 11.8 Å². The van der Waals surface area contributed by atoms with Crippen LogP contribution in [0.5, 0.6) is 0 Å². The highest BCUT2D eigenvalue weighted by Gasteiger charge is 2.06. The standard InChI is InChI=1S/C11H23N5/c1-9(2)5-6-16-11(13-14-15-16)8-12-7-10(3)4/h9-10,12H,5-8H2,1-4H3. The zero-order valence-electron chi connectivity index (χ0n) is 10.8. The van der Waals surface area contributed by atoms with Crippen LogP contribution in [0.2, 0.25) is 0 Å². The molecule has 0 amide bonds. The van der Waals surface area contributed by atoms with Crippen LogP contribution in [0.4, 0.5) is 0 Å². The Kier molecular flexibility index (Phi) is 5.38. The highest BCUT2D eigenvalue weighted by atomic mass is 15.5. The molecule has 1 aromatic rings. The van der Waals surface area contributed by atoms with Crippen molar-refractivity contribution >= 4 is 0 Å². The second-order valence-electron chi connectivity index (χ2n) is 5.03. The number of hydrogen-bond acceptors (Lipinski definition) is 4. The highest BCUT2D eigenvalue weighted by Crippen LogP contribution is 2.03. The van der Waals surface area contributed by atoms with Crippen LogP contribution in [-0.4, -0.2) is 26.8 Å². The molecule has 0 bridgehead atoms. The Hall–Kier alpha value is -0.970. The van der Waals surface area contributed by atoms with Gasteiger partial charge in [0.2, 0.25) is 0 Å². The summed E-state index contributed by atoms with van der Waals surface area (Å²) in [7, 11) is 0. The molecule has 5 nitrogen and oxygen atoms in total. The van der Waals surface area contributed by atoms with Crippen molar-refractivity contribution in [1.29, 1.82) is 0 Å². The minimum Gasteiger partial charge on any atom is -0.310 e. The predicted molar refractivity (Wildman–Crippen MR) is 63.8 cm³/mol. The van der Waals surface area contributed by atoms with E-state index in [0.29, 0.717) is 11.8 Å². The largest absolute Gasteiger partial charge is 0.310 e. The molecule has 1 heterocycles. The van der Waals surface area contributed by atoms with Crippen LogP contribution in [0.1, 0.15) is 39.9 Å². The van der Waals surface area contributed by atoms with E-state index in [9.17, 15) is 0 Å². The van der Waals surface area contributed by atoms with E-state index in [0.717, 1.165) is 31.9 Å². The van der Waals surface area contributed by atoms with Crippen LogP contribution in [0.3, 0.4) is 0 Å². The lowest BCUT2D eigenvalue weighted by Crippen LogP contribution is -2.22. The van der Waals surface area contributed by atoms with E-state index in [1.807, 2.05) is 4.68 Å². The molecule has 0 fully saturated rings. The van der Waals surface area contributed by atoms with Gasteiger partial charge in [-0.15, -0.1) is 5.10 Å². The maximum atomic E-state index is 4.03. The first-order chi connectivity index (χ1) is 7.59. The molecule has 0 aliphatic heterocycles. The molecule has 0 unspecified atom stereocenters. The van der Waals surface area contributed by atoms with E-state index in [1.165, 1.54) is 0 Å². The number of nitrogens with zero attached hydrogens (tertiary/aromatic N) is 4. The minimum absolute atomic E-state index is 0.653. The van der Waals surface area contributed by atoms with Gasteiger partial charge in [0.15, 0.2) is 5.82 Å². The van der Waals surface area contributed by atoms with Gasteiger partial charge in [0, 0.05) is 6.54 Å². The molecule has 0 spiro atoms. The Morgan fingerprint density at radius 1 is 1.19 bits per heavy atom. The first kappa shape index (κ1) is 13.1. The third-order valence-electron chi connectivity index (χ3n) is 2.36. The summed E-state index contributed by atoms with van der Waals surface area (Å²) in [5, 5.41) is 15.1. The Balaban J connectivity index is 2.38. The maximum absolute atomic E-state index is 4.03. The smallest absolute Gasteiger partial charge is 0.165 e. The molecule has 92 valence electrons. The first-order valence-electron chi connectivity index (χ1n) is 6.05. The number of nitrogens with one attached hydrogen (secondary N) is 1. The Bertz CT molecular complexity index is 292. The molecule has 0 saturated carbocycles. The topological polar surface area (TPSA) is 55.6 Å². The van der Waals surface area contributed by atoms with Gasteiger partial charge in [-0.25, -0.2) is 4.68 Å². The number of aromatic nitrogens is 4. The molecule has 0 saturated heterocycles.